The van der Waals surface area contributed by atoms with Crippen LogP contribution in [0.2, 0.25) is 18.1 Å². The molecule has 1 saturated heterocycles. The highest BCUT2D eigenvalue weighted by Gasteiger charge is 2.30. The number of hydrogen-bond donors (Lipinski definition) is 0. The van der Waals surface area contributed by atoms with Crippen LogP contribution >= 0.6 is 0 Å². The minimum atomic E-state index is -0.335. The Labute approximate surface area is 169 Å². The van der Waals surface area contributed by atoms with Crippen LogP contribution in [0.25, 0.3) is 0 Å². The SMILES string of the molecule is CCCCC[Si@H]1CC[C@H]([C@H]2CC[C@H](CCc3ccc(C#N)cc3)CC2)CC1. The molecule has 0 aromatic heterocycles. The molecule has 1 heterocycles. The van der Waals surface area contributed by atoms with Gasteiger partial charge >= 0.3 is 0 Å². The topological polar surface area (TPSA) is 23.8 Å². The van der Waals surface area contributed by atoms with Crippen molar-refractivity contribution in [2.24, 2.45) is 17.8 Å². The number of hydrogen-bond acceptors (Lipinski definition) is 1. The average molecular weight is 382 g/mol. The lowest BCUT2D eigenvalue weighted by Gasteiger charge is -2.37. The van der Waals surface area contributed by atoms with Crippen molar-refractivity contribution in [1.82, 2.24) is 0 Å². The van der Waals surface area contributed by atoms with Gasteiger partial charge in [0.2, 0.25) is 0 Å². The molecule has 0 spiro atoms. The molecule has 0 radical (unpaired) electrons. The van der Waals surface area contributed by atoms with Gasteiger partial charge in [-0.3, -0.25) is 0 Å². The molecule has 1 nitrogen and oxygen atoms in total. The summed E-state index contributed by atoms with van der Waals surface area (Å²) in [6.45, 7) is 2.33. The van der Waals surface area contributed by atoms with E-state index in [2.05, 4.69) is 25.1 Å². The molecule has 148 valence electrons. The summed E-state index contributed by atoms with van der Waals surface area (Å²) >= 11 is 0. The number of benzene rings is 1. The van der Waals surface area contributed by atoms with Crippen molar-refractivity contribution in [2.75, 3.05) is 0 Å². The van der Waals surface area contributed by atoms with Crippen LogP contribution in [0.5, 0.6) is 0 Å². The van der Waals surface area contributed by atoms with E-state index in [9.17, 15) is 0 Å². The fourth-order valence-electron chi connectivity index (χ4n) is 5.70. The van der Waals surface area contributed by atoms with Gasteiger partial charge in [0.25, 0.3) is 0 Å². The van der Waals surface area contributed by atoms with E-state index < -0.39 is 0 Å². The summed E-state index contributed by atoms with van der Waals surface area (Å²) in [5.74, 6) is 3.08. The highest BCUT2D eigenvalue weighted by atomic mass is 28.3. The first kappa shape index (κ1) is 20.7. The summed E-state index contributed by atoms with van der Waals surface area (Å²) in [6.07, 6.45) is 16.0. The van der Waals surface area contributed by atoms with Crippen LogP contribution in [0.1, 0.15) is 82.3 Å². The predicted octanol–water partition coefficient (Wildman–Crippen LogP) is 7.12. The predicted molar refractivity (Wildman–Crippen MR) is 119 cm³/mol. The summed E-state index contributed by atoms with van der Waals surface area (Å²) in [5.41, 5.74) is 2.19. The molecular weight excluding hydrogens is 342 g/mol. The van der Waals surface area contributed by atoms with E-state index in [4.69, 9.17) is 5.26 Å². The Kier molecular flexibility index (Phi) is 8.46. The summed E-state index contributed by atoms with van der Waals surface area (Å²) in [6, 6.07) is 15.4. The normalized spacial score (nSPS) is 28.6. The van der Waals surface area contributed by atoms with Crippen LogP contribution in [0, 0.1) is 29.1 Å². The standard InChI is InChI=1S/C25H39NSi/c1-2-3-4-17-27-18-15-25(16-19-27)24-13-11-22(12-14-24)6-5-21-7-9-23(20-26)10-8-21/h7-10,22,24-25,27H,2-6,11-19H2,1H3/t22-,24-,25-,27-. The Bertz CT molecular complexity index is 571. The first-order chi connectivity index (χ1) is 13.3. The van der Waals surface area contributed by atoms with E-state index in [1.807, 2.05) is 12.1 Å². The molecule has 3 rings (SSSR count). The molecule has 1 aromatic rings. The van der Waals surface area contributed by atoms with E-state index in [-0.39, 0.29) is 8.80 Å². The highest BCUT2D eigenvalue weighted by molar-refractivity contribution is 6.58. The van der Waals surface area contributed by atoms with Crippen molar-refractivity contribution in [3.8, 4) is 6.07 Å². The molecule has 1 aliphatic heterocycles. The average Bonchev–Trinajstić information content (AvgIpc) is 2.74. The van der Waals surface area contributed by atoms with Crippen molar-refractivity contribution < 1.29 is 0 Å². The molecule has 1 aromatic carbocycles. The van der Waals surface area contributed by atoms with Gasteiger partial charge in [-0.2, -0.15) is 5.26 Å². The lowest BCUT2D eigenvalue weighted by atomic mass is 9.73. The maximum atomic E-state index is 8.91. The monoisotopic (exact) mass is 381 g/mol. The Morgan fingerprint density at radius 3 is 2.22 bits per heavy atom. The second kappa shape index (κ2) is 11.1. The fraction of sp³-hybridized carbons (Fsp3) is 0.720. The zero-order valence-corrected chi connectivity index (χ0v) is 18.6. The highest BCUT2D eigenvalue weighted by Crippen LogP contribution is 2.41. The van der Waals surface area contributed by atoms with Crippen molar-refractivity contribution in [3.05, 3.63) is 35.4 Å². The first-order valence-corrected chi connectivity index (χ1v) is 14.2. The van der Waals surface area contributed by atoms with Crippen LogP contribution in [0.15, 0.2) is 24.3 Å². The van der Waals surface area contributed by atoms with Crippen LogP contribution in [-0.4, -0.2) is 8.80 Å². The number of nitrogens with zero attached hydrogens (tertiary/aromatic N) is 1. The van der Waals surface area contributed by atoms with Crippen molar-refractivity contribution in [3.63, 3.8) is 0 Å². The third kappa shape index (κ3) is 6.49. The molecule has 0 N–H and O–H groups in total. The van der Waals surface area contributed by atoms with E-state index in [1.165, 1.54) is 63.4 Å². The van der Waals surface area contributed by atoms with Crippen LogP contribution in [0.4, 0.5) is 0 Å². The molecule has 0 unspecified atom stereocenters. The second-order valence-corrected chi connectivity index (χ2v) is 12.9. The third-order valence-corrected chi connectivity index (χ3v) is 11.1. The van der Waals surface area contributed by atoms with Crippen LogP contribution in [-0.2, 0) is 6.42 Å². The molecule has 2 heteroatoms. The number of aryl methyl sites for hydroxylation is 1. The van der Waals surface area contributed by atoms with E-state index in [1.54, 1.807) is 31.0 Å². The quantitative estimate of drug-likeness (QED) is 0.347. The fourth-order valence-corrected chi connectivity index (χ4v) is 9.23. The first-order valence-electron chi connectivity index (χ1n) is 11.8. The number of unbranched alkanes of at least 4 members (excludes halogenated alkanes) is 2. The zero-order chi connectivity index (χ0) is 18.9. The van der Waals surface area contributed by atoms with Crippen molar-refractivity contribution in [2.45, 2.75) is 95.7 Å². The molecule has 27 heavy (non-hydrogen) atoms. The molecule has 2 aliphatic rings. The molecule has 0 bridgehead atoms. The molecule has 2 fully saturated rings. The number of rotatable bonds is 8. The Morgan fingerprint density at radius 2 is 1.59 bits per heavy atom. The smallest absolute Gasteiger partial charge is 0.0991 e. The van der Waals surface area contributed by atoms with Gasteiger partial charge in [0, 0.05) is 8.80 Å². The lowest BCUT2D eigenvalue weighted by molar-refractivity contribution is 0.186. The Hall–Kier alpha value is -1.07. The molecule has 1 aliphatic carbocycles. The van der Waals surface area contributed by atoms with Crippen molar-refractivity contribution >= 4 is 8.80 Å². The van der Waals surface area contributed by atoms with Gasteiger partial charge in [-0.1, -0.05) is 82.1 Å². The summed E-state index contributed by atoms with van der Waals surface area (Å²) in [7, 11) is -0.335. The molecule has 0 amide bonds. The molecular formula is C25H39NSi. The minimum Gasteiger partial charge on any atom is -0.192 e. The zero-order valence-electron chi connectivity index (χ0n) is 17.5. The Balaban J connectivity index is 1.32. The maximum absolute atomic E-state index is 8.91. The van der Waals surface area contributed by atoms with Gasteiger partial charge in [-0.05, 0) is 61.1 Å². The second-order valence-electron chi connectivity index (χ2n) is 9.40. The van der Waals surface area contributed by atoms with E-state index in [0.717, 1.165) is 23.3 Å². The van der Waals surface area contributed by atoms with E-state index >= 15 is 0 Å². The van der Waals surface area contributed by atoms with Crippen LogP contribution < -0.4 is 0 Å². The van der Waals surface area contributed by atoms with Gasteiger partial charge < -0.3 is 0 Å². The molecule has 1 saturated carbocycles. The lowest BCUT2D eigenvalue weighted by Crippen LogP contribution is -2.28. The minimum absolute atomic E-state index is 0.335. The van der Waals surface area contributed by atoms with Gasteiger partial charge in [0.05, 0.1) is 11.6 Å². The molecule has 0 atom stereocenters. The summed E-state index contributed by atoms with van der Waals surface area (Å²) < 4.78 is 0. The maximum Gasteiger partial charge on any atom is 0.0991 e. The van der Waals surface area contributed by atoms with Gasteiger partial charge in [0.1, 0.15) is 0 Å². The van der Waals surface area contributed by atoms with Gasteiger partial charge in [-0.15, -0.1) is 0 Å². The van der Waals surface area contributed by atoms with E-state index in [0.29, 0.717) is 0 Å². The third-order valence-electron chi connectivity index (χ3n) is 7.59. The van der Waals surface area contributed by atoms with Gasteiger partial charge in [0.15, 0.2) is 0 Å². The van der Waals surface area contributed by atoms with Crippen molar-refractivity contribution in [1.29, 1.82) is 5.26 Å². The van der Waals surface area contributed by atoms with Gasteiger partial charge in [-0.25, -0.2) is 0 Å². The number of nitriles is 1. The summed E-state index contributed by atoms with van der Waals surface area (Å²) in [5, 5.41) is 8.91. The van der Waals surface area contributed by atoms with Crippen LogP contribution in [0.3, 0.4) is 0 Å². The Morgan fingerprint density at radius 1 is 0.926 bits per heavy atom. The summed E-state index contributed by atoms with van der Waals surface area (Å²) in [4.78, 5) is 0. The largest absolute Gasteiger partial charge is 0.192 e.